The summed E-state index contributed by atoms with van der Waals surface area (Å²) in [5, 5.41) is 3.16. The van der Waals surface area contributed by atoms with E-state index in [1.807, 2.05) is 0 Å². The van der Waals surface area contributed by atoms with Crippen molar-refractivity contribution in [3.8, 4) is 0 Å². The second-order valence-corrected chi connectivity index (χ2v) is 5.63. The number of primary amides is 1. The molecule has 6 heteroatoms. The second-order valence-electron chi connectivity index (χ2n) is 5.63. The van der Waals surface area contributed by atoms with Gasteiger partial charge in [0.25, 0.3) is 0 Å². The van der Waals surface area contributed by atoms with Crippen molar-refractivity contribution in [1.29, 1.82) is 0 Å². The fraction of sp³-hybridized carbons (Fsp3) is 0.0500. The highest BCUT2D eigenvalue weighted by Gasteiger charge is 2.05. The van der Waals surface area contributed by atoms with Crippen molar-refractivity contribution in [2.45, 2.75) is 6.54 Å². The molecule has 1 aromatic heterocycles. The molecular formula is C20H16N2O4. The van der Waals surface area contributed by atoms with Crippen molar-refractivity contribution in [2.24, 2.45) is 5.73 Å². The lowest BCUT2D eigenvalue weighted by Gasteiger charge is -2.03. The number of carbonyl (C=O) groups is 2. The van der Waals surface area contributed by atoms with E-state index in [4.69, 9.17) is 10.2 Å². The molecule has 0 fully saturated rings. The standard InChI is InChI=1S/C20H16N2O4/c21-20(25)14-7-5-13(6-8-14)11-22-18(23)10-9-15-12-26-17-4-2-1-3-16(17)19(15)24/h1-10,12H,11H2,(H2,21,25)(H,22,23)/b10-9+. The Morgan fingerprint density at radius 2 is 1.81 bits per heavy atom. The first-order valence-corrected chi connectivity index (χ1v) is 7.90. The van der Waals surface area contributed by atoms with Gasteiger partial charge in [-0.1, -0.05) is 24.3 Å². The number of rotatable bonds is 5. The highest BCUT2D eigenvalue weighted by Crippen LogP contribution is 2.11. The van der Waals surface area contributed by atoms with Gasteiger partial charge in [0, 0.05) is 18.2 Å². The van der Waals surface area contributed by atoms with E-state index < -0.39 is 5.91 Å². The van der Waals surface area contributed by atoms with Crippen LogP contribution in [0.25, 0.3) is 17.0 Å². The van der Waals surface area contributed by atoms with Crippen molar-refractivity contribution < 1.29 is 14.0 Å². The van der Waals surface area contributed by atoms with Crippen molar-refractivity contribution in [2.75, 3.05) is 0 Å². The molecule has 3 N–H and O–H groups in total. The molecular weight excluding hydrogens is 332 g/mol. The van der Waals surface area contributed by atoms with E-state index in [2.05, 4.69) is 5.32 Å². The number of amides is 2. The number of hydrogen-bond donors (Lipinski definition) is 2. The SMILES string of the molecule is NC(=O)c1ccc(CNC(=O)/C=C/c2coc3ccccc3c2=O)cc1. The normalized spacial score (nSPS) is 10.9. The quantitative estimate of drug-likeness (QED) is 0.690. The van der Waals surface area contributed by atoms with Gasteiger partial charge in [-0.15, -0.1) is 0 Å². The Bertz CT molecular complexity index is 1050. The van der Waals surface area contributed by atoms with E-state index in [0.717, 1.165) is 5.56 Å². The van der Waals surface area contributed by atoms with Crippen molar-refractivity contribution in [3.05, 3.63) is 87.8 Å². The zero-order valence-electron chi connectivity index (χ0n) is 13.8. The van der Waals surface area contributed by atoms with Gasteiger partial charge in [0.05, 0.1) is 10.9 Å². The van der Waals surface area contributed by atoms with Crippen LogP contribution in [0, 0.1) is 0 Å². The van der Waals surface area contributed by atoms with Crippen LogP contribution in [-0.4, -0.2) is 11.8 Å². The maximum Gasteiger partial charge on any atom is 0.248 e. The van der Waals surface area contributed by atoms with E-state index in [-0.39, 0.29) is 17.9 Å². The lowest BCUT2D eigenvalue weighted by molar-refractivity contribution is -0.116. The molecule has 130 valence electrons. The van der Waals surface area contributed by atoms with Crippen molar-refractivity contribution in [3.63, 3.8) is 0 Å². The fourth-order valence-corrected chi connectivity index (χ4v) is 2.41. The average molecular weight is 348 g/mol. The van der Waals surface area contributed by atoms with Crippen LogP contribution in [0.3, 0.4) is 0 Å². The Morgan fingerprint density at radius 3 is 2.54 bits per heavy atom. The van der Waals surface area contributed by atoms with Crippen LogP contribution in [0.5, 0.6) is 0 Å². The molecule has 0 spiro atoms. The molecule has 3 aromatic rings. The minimum atomic E-state index is -0.502. The van der Waals surface area contributed by atoms with E-state index in [0.29, 0.717) is 22.1 Å². The third-order valence-corrected chi connectivity index (χ3v) is 3.83. The third-order valence-electron chi connectivity index (χ3n) is 3.83. The number of carbonyl (C=O) groups excluding carboxylic acids is 2. The molecule has 0 aliphatic heterocycles. The third kappa shape index (κ3) is 3.87. The molecule has 6 nitrogen and oxygen atoms in total. The van der Waals surface area contributed by atoms with Crippen LogP contribution in [0.2, 0.25) is 0 Å². The number of nitrogens with two attached hydrogens (primary N) is 1. The number of fused-ring (bicyclic) bond motifs is 1. The highest BCUT2D eigenvalue weighted by atomic mass is 16.3. The van der Waals surface area contributed by atoms with Gasteiger partial charge >= 0.3 is 0 Å². The molecule has 0 atom stereocenters. The number of hydrogen-bond acceptors (Lipinski definition) is 4. The first-order chi connectivity index (χ1) is 12.5. The molecule has 0 radical (unpaired) electrons. The molecule has 2 aromatic carbocycles. The second kappa shape index (κ2) is 7.48. The molecule has 0 aliphatic carbocycles. The summed E-state index contributed by atoms with van der Waals surface area (Å²) >= 11 is 0. The first kappa shape index (κ1) is 17.2. The minimum absolute atomic E-state index is 0.196. The molecule has 0 saturated carbocycles. The Morgan fingerprint density at radius 1 is 1.08 bits per heavy atom. The van der Waals surface area contributed by atoms with Gasteiger partial charge in [0.1, 0.15) is 11.8 Å². The topological polar surface area (TPSA) is 102 Å². The Hall–Kier alpha value is -3.67. The number of para-hydroxylation sites is 1. The van der Waals surface area contributed by atoms with E-state index in [1.54, 1.807) is 48.5 Å². The van der Waals surface area contributed by atoms with Gasteiger partial charge in [-0.2, -0.15) is 0 Å². The summed E-state index contributed by atoms with van der Waals surface area (Å²) in [6, 6.07) is 13.5. The minimum Gasteiger partial charge on any atom is -0.463 e. The van der Waals surface area contributed by atoms with Gasteiger partial charge in [0.15, 0.2) is 5.43 Å². The lowest BCUT2D eigenvalue weighted by atomic mass is 10.1. The average Bonchev–Trinajstić information content (AvgIpc) is 2.66. The van der Waals surface area contributed by atoms with E-state index >= 15 is 0 Å². The fourth-order valence-electron chi connectivity index (χ4n) is 2.41. The van der Waals surface area contributed by atoms with E-state index in [9.17, 15) is 14.4 Å². The molecule has 0 aliphatic rings. The summed E-state index contributed by atoms with van der Waals surface area (Å²) in [6.07, 6.45) is 4.03. The van der Waals surface area contributed by atoms with Gasteiger partial charge in [0.2, 0.25) is 11.8 Å². The summed E-state index contributed by atoms with van der Waals surface area (Å²) in [4.78, 5) is 35.3. The van der Waals surface area contributed by atoms with Gasteiger partial charge < -0.3 is 15.5 Å². The zero-order chi connectivity index (χ0) is 18.5. The van der Waals surface area contributed by atoms with Crippen molar-refractivity contribution >= 4 is 28.9 Å². The van der Waals surface area contributed by atoms with Crippen LogP contribution in [0.1, 0.15) is 21.5 Å². The van der Waals surface area contributed by atoms with Gasteiger partial charge in [-0.05, 0) is 35.9 Å². The highest BCUT2D eigenvalue weighted by molar-refractivity contribution is 5.93. The predicted octanol–water partition coefficient (Wildman–Crippen LogP) is 2.22. The molecule has 3 rings (SSSR count). The molecule has 0 saturated heterocycles. The summed E-state index contributed by atoms with van der Waals surface area (Å²) in [7, 11) is 0. The van der Waals surface area contributed by atoms with Gasteiger partial charge in [-0.3, -0.25) is 14.4 Å². The van der Waals surface area contributed by atoms with Crippen LogP contribution in [0.15, 0.2) is 70.1 Å². The van der Waals surface area contributed by atoms with Crippen LogP contribution >= 0.6 is 0 Å². The molecule has 2 amide bonds. The smallest absolute Gasteiger partial charge is 0.248 e. The summed E-state index contributed by atoms with van der Waals surface area (Å²) < 4.78 is 5.39. The summed E-state index contributed by atoms with van der Waals surface area (Å²) in [6.45, 7) is 0.286. The summed E-state index contributed by atoms with van der Waals surface area (Å²) in [5.41, 5.74) is 7.00. The largest absolute Gasteiger partial charge is 0.463 e. The Labute approximate surface area is 148 Å². The zero-order valence-corrected chi connectivity index (χ0v) is 13.8. The monoisotopic (exact) mass is 348 g/mol. The van der Waals surface area contributed by atoms with Crippen LogP contribution < -0.4 is 16.5 Å². The molecule has 0 bridgehead atoms. The van der Waals surface area contributed by atoms with Crippen molar-refractivity contribution in [1.82, 2.24) is 5.32 Å². The maximum absolute atomic E-state index is 12.3. The molecule has 1 heterocycles. The predicted molar refractivity (Wildman–Crippen MR) is 98.3 cm³/mol. The molecule has 26 heavy (non-hydrogen) atoms. The summed E-state index contributed by atoms with van der Waals surface area (Å²) in [5.74, 6) is -0.853. The Balaban J connectivity index is 1.65. The van der Waals surface area contributed by atoms with Gasteiger partial charge in [-0.25, -0.2) is 0 Å². The molecule has 0 unspecified atom stereocenters. The van der Waals surface area contributed by atoms with Crippen LogP contribution in [0.4, 0.5) is 0 Å². The van der Waals surface area contributed by atoms with Crippen LogP contribution in [-0.2, 0) is 11.3 Å². The number of nitrogens with one attached hydrogen (secondary N) is 1. The maximum atomic E-state index is 12.3. The number of benzene rings is 2. The van der Waals surface area contributed by atoms with E-state index in [1.165, 1.54) is 18.4 Å². The Kier molecular flexibility index (Phi) is 4.94. The lowest BCUT2D eigenvalue weighted by Crippen LogP contribution is -2.20. The first-order valence-electron chi connectivity index (χ1n) is 7.90.